The summed E-state index contributed by atoms with van der Waals surface area (Å²) >= 11 is 0. The normalized spacial score (nSPS) is 10.6. The molecule has 0 saturated carbocycles. The molecule has 2 heterocycles. The lowest BCUT2D eigenvalue weighted by atomic mass is 10.2. The van der Waals surface area contributed by atoms with E-state index >= 15 is 0 Å². The van der Waals surface area contributed by atoms with Gasteiger partial charge in [-0.3, -0.25) is 4.98 Å². The van der Waals surface area contributed by atoms with E-state index in [2.05, 4.69) is 9.97 Å². The van der Waals surface area contributed by atoms with Gasteiger partial charge in [0.05, 0.1) is 6.20 Å². The molecular formula is C10H11FN4. The van der Waals surface area contributed by atoms with E-state index in [0.717, 1.165) is 12.0 Å². The summed E-state index contributed by atoms with van der Waals surface area (Å²) in [7, 11) is 1.81. The third kappa shape index (κ3) is 1.56. The molecule has 2 aromatic heterocycles. The van der Waals surface area contributed by atoms with Crippen LogP contribution in [0.2, 0.25) is 0 Å². The Morgan fingerprint density at radius 3 is 2.67 bits per heavy atom. The van der Waals surface area contributed by atoms with Crippen LogP contribution in [-0.4, -0.2) is 14.5 Å². The van der Waals surface area contributed by atoms with Gasteiger partial charge >= 0.3 is 0 Å². The predicted molar refractivity (Wildman–Crippen MR) is 55.5 cm³/mol. The lowest BCUT2D eigenvalue weighted by molar-refractivity contribution is 0.622. The van der Waals surface area contributed by atoms with Crippen molar-refractivity contribution >= 4 is 5.82 Å². The average molecular weight is 206 g/mol. The Bertz CT molecular complexity index is 504. The maximum absolute atomic E-state index is 13.0. The van der Waals surface area contributed by atoms with Crippen molar-refractivity contribution in [1.29, 1.82) is 0 Å². The Morgan fingerprint density at radius 2 is 2.13 bits per heavy atom. The maximum atomic E-state index is 13.0. The summed E-state index contributed by atoms with van der Waals surface area (Å²) < 4.78 is 14.7. The first-order chi connectivity index (χ1) is 7.09. The molecule has 78 valence electrons. The van der Waals surface area contributed by atoms with Crippen LogP contribution in [0.5, 0.6) is 0 Å². The number of hydrogen-bond donors (Lipinski definition) is 1. The van der Waals surface area contributed by atoms with Crippen LogP contribution in [0.15, 0.2) is 18.5 Å². The fourth-order valence-corrected chi connectivity index (χ4v) is 1.38. The SMILES string of the molecule is Cc1nc(-c2cncc(F)c2)c(N)n1C. The van der Waals surface area contributed by atoms with Crippen LogP contribution in [0.25, 0.3) is 11.3 Å². The van der Waals surface area contributed by atoms with Gasteiger partial charge in [-0.25, -0.2) is 9.37 Å². The van der Waals surface area contributed by atoms with Crippen molar-refractivity contribution in [1.82, 2.24) is 14.5 Å². The second kappa shape index (κ2) is 3.34. The first-order valence-electron chi connectivity index (χ1n) is 4.49. The van der Waals surface area contributed by atoms with Crippen LogP contribution >= 0.6 is 0 Å². The van der Waals surface area contributed by atoms with Gasteiger partial charge < -0.3 is 10.3 Å². The molecule has 0 bridgehead atoms. The molecule has 2 rings (SSSR count). The second-order valence-electron chi connectivity index (χ2n) is 3.34. The number of imidazole rings is 1. The van der Waals surface area contributed by atoms with Gasteiger partial charge in [-0.1, -0.05) is 0 Å². The van der Waals surface area contributed by atoms with Crippen molar-refractivity contribution in [3.8, 4) is 11.3 Å². The summed E-state index contributed by atoms with van der Waals surface area (Å²) in [6, 6.07) is 1.37. The molecule has 0 radical (unpaired) electrons. The van der Waals surface area contributed by atoms with E-state index in [1.54, 1.807) is 10.8 Å². The number of pyridine rings is 1. The largest absolute Gasteiger partial charge is 0.383 e. The molecular weight excluding hydrogens is 195 g/mol. The molecule has 0 atom stereocenters. The second-order valence-corrected chi connectivity index (χ2v) is 3.34. The number of nitrogens with two attached hydrogens (primary N) is 1. The summed E-state index contributed by atoms with van der Waals surface area (Å²) in [5.41, 5.74) is 7.00. The lowest BCUT2D eigenvalue weighted by Gasteiger charge is -1.99. The Morgan fingerprint density at radius 1 is 1.40 bits per heavy atom. The Hall–Kier alpha value is -1.91. The summed E-state index contributed by atoms with van der Waals surface area (Å²) in [6.45, 7) is 1.84. The van der Waals surface area contributed by atoms with E-state index in [-0.39, 0.29) is 0 Å². The van der Waals surface area contributed by atoms with Gasteiger partial charge in [0.25, 0.3) is 0 Å². The van der Waals surface area contributed by atoms with Gasteiger partial charge in [-0.05, 0) is 13.0 Å². The van der Waals surface area contributed by atoms with Gasteiger partial charge in [0.2, 0.25) is 0 Å². The summed E-state index contributed by atoms with van der Waals surface area (Å²) in [5, 5.41) is 0. The monoisotopic (exact) mass is 206 g/mol. The average Bonchev–Trinajstić information content (AvgIpc) is 2.46. The quantitative estimate of drug-likeness (QED) is 0.769. The minimum atomic E-state index is -0.393. The van der Waals surface area contributed by atoms with E-state index in [0.29, 0.717) is 17.1 Å². The Kier molecular flexibility index (Phi) is 2.15. The highest BCUT2D eigenvalue weighted by Crippen LogP contribution is 2.24. The summed E-state index contributed by atoms with van der Waals surface area (Å²) in [4.78, 5) is 8.01. The van der Waals surface area contributed by atoms with Crippen LogP contribution in [0.4, 0.5) is 10.2 Å². The standard InChI is InChI=1S/C10H11FN4/c1-6-14-9(10(12)15(6)2)7-3-8(11)5-13-4-7/h3-5H,12H2,1-2H3. The molecule has 0 aliphatic rings. The minimum Gasteiger partial charge on any atom is -0.383 e. The van der Waals surface area contributed by atoms with Crippen molar-refractivity contribution in [3.63, 3.8) is 0 Å². The molecule has 0 aromatic carbocycles. The van der Waals surface area contributed by atoms with Gasteiger partial charge in [0.15, 0.2) is 0 Å². The highest BCUT2D eigenvalue weighted by molar-refractivity contribution is 5.70. The van der Waals surface area contributed by atoms with Crippen molar-refractivity contribution in [2.75, 3.05) is 5.73 Å². The molecule has 2 aromatic rings. The molecule has 5 heteroatoms. The van der Waals surface area contributed by atoms with Crippen molar-refractivity contribution in [3.05, 3.63) is 30.1 Å². The van der Waals surface area contributed by atoms with E-state index in [4.69, 9.17) is 5.73 Å². The smallest absolute Gasteiger partial charge is 0.142 e. The third-order valence-electron chi connectivity index (χ3n) is 2.34. The summed E-state index contributed by atoms with van der Waals surface area (Å²) in [6.07, 6.45) is 2.69. The minimum absolute atomic E-state index is 0.393. The van der Waals surface area contributed by atoms with Crippen molar-refractivity contribution < 1.29 is 4.39 Å². The van der Waals surface area contributed by atoms with Gasteiger partial charge in [0.1, 0.15) is 23.2 Å². The number of aromatic nitrogens is 3. The fourth-order valence-electron chi connectivity index (χ4n) is 1.38. The Labute approximate surface area is 86.6 Å². The maximum Gasteiger partial charge on any atom is 0.142 e. The molecule has 0 spiro atoms. The zero-order valence-electron chi connectivity index (χ0n) is 8.53. The molecule has 0 aliphatic heterocycles. The fraction of sp³-hybridized carbons (Fsp3) is 0.200. The third-order valence-corrected chi connectivity index (χ3v) is 2.34. The molecule has 0 amide bonds. The molecule has 2 N–H and O–H groups in total. The van der Waals surface area contributed by atoms with Gasteiger partial charge in [0, 0.05) is 18.8 Å². The molecule has 0 aliphatic carbocycles. The number of aryl methyl sites for hydroxylation is 1. The number of nitrogen functional groups attached to an aromatic ring is 1. The zero-order chi connectivity index (χ0) is 11.0. The van der Waals surface area contributed by atoms with E-state index < -0.39 is 5.82 Å². The highest BCUT2D eigenvalue weighted by atomic mass is 19.1. The molecule has 0 fully saturated rings. The zero-order valence-corrected chi connectivity index (χ0v) is 8.53. The molecule has 0 saturated heterocycles. The number of nitrogens with zero attached hydrogens (tertiary/aromatic N) is 3. The van der Waals surface area contributed by atoms with Crippen LogP contribution in [0.3, 0.4) is 0 Å². The number of hydrogen-bond acceptors (Lipinski definition) is 3. The van der Waals surface area contributed by atoms with Crippen LogP contribution in [-0.2, 0) is 7.05 Å². The molecule has 4 nitrogen and oxygen atoms in total. The number of anilines is 1. The first kappa shape index (κ1) is 9.64. The van der Waals surface area contributed by atoms with Gasteiger partial charge in [-0.15, -0.1) is 0 Å². The molecule has 15 heavy (non-hydrogen) atoms. The lowest BCUT2D eigenvalue weighted by Crippen LogP contribution is -1.98. The first-order valence-corrected chi connectivity index (χ1v) is 4.49. The van der Waals surface area contributed by atoms with E-state index in [1.807, 2.05) is 14.0 Å². The predicted octanol–water partition coefficient (Wildman–Crippen LogP) is 1.51. The number of halogens is 1. The highest BCUT2D eigenvalue weighted by Gasteiger charge is 2.11. The van der Waals surface area contributed by atoms with Crippen LogP contribution in [0, 0.1) is 12.7 Å². The van der Waals surface area contributed by atoms with E-state index in [1.165, 1.54) is 6.07 Å². The Balaban J connectivity index is 2.59. The van der Waals surface area contributed by atoms with E-state index in [9.17, 15) is 4.39 Å². The number of rotatable bonds is 1. The summed E-state index contributed by atoms with van der Waals surface area (Å²) in [5.74, 6) is 0.905. The molecule has 0 unspecified atom stereocenters. The topological polar surface area (TPSA) is 56.7 Å². The van der Waals surface area contributed by atoms with Crippen LogP contribution < -0.4 is 5.73 Å². The van der Waals surface area contributed by atoms with Crippen molar-refractivity contribution in [2.24, 2.45) is 7.05 Å². The van der Waals surface area contributed by atoms with Crippen molar-refractivity contribution in [2.45, 2.75) is 6.92 Å². The van der Waals surface area contributed by atoms with Gasteiger partial charge in [-0.2, -0.15) is 0 Å². The van der Waals surface area contributed by atoms with Crippen LogP contribution in [0.1, 0.15) is 5.82 Å².